The average molecular weight is 465 g/mol. The minimum atomic E-state index is -0.0957. The van der Waals surface area contributed by atoms with Gasteiger partial charge in [-0.1, -0.05) is 42.0 Å². The molecule has 0 bridgehead atoms. The number of carbonyl (C=O) groups is 2. The van der Waals surface area contributed by atoms with Crippen molar-refractivity contribution in [3.63, 3.8) is 0 Å². The molecule has 3 aromatic rings. The van der Waals surface area contributed by atoms with Gasteiger partial charge < -0.3 is 10.6 Å². The summed E-state index contributed by atoms with van der Waals surface area (Å²) >= 11 is 5.35. The van der Waals surface area contributed by atoms with E-state index in [2.05, 4.69) is 25.7 Å². The molecule has 8 nitrogen and oxygen atoms in total. The number of nitrogens with zero attached hydrogens (tertiary/aromatic N) is 3. The number of hydrogen-bond acceptors (Lipinski definition) is 5. The van der Waals surface area contributed by atoms with Gasteiger partial charge >= 0.3 is 0 Å². The molecule has 0 saturated carbocycles. The van der Waals surface area contributed by atoms with Crippen molar-refractivity contribution in [3.05, 3.63) is 64.9 Å². The summed E-state index contributed by atoms with van der Waals surface area (Å²) in [5, 5.41) is 13.1. The lowest BCUT2D eigenvalue weighted by Gasteiger charge is -2.31. The van der Waals surface area contributed by atoms with Crippen LogP contribution in [0.5, 0.6) is 0 Å². The van der Waals surface area contributed by atoms with E-state index < -0.39 is 0 Å². The topological polar surface area (TPSA) is 95.1 Å². The van der Waals surface area contributed by atoms with Gasteiger partial charge in [0.05, 0.1) is 6.54 Å². The SMILES string of the molecule is Cc1cccc(-c2n[nH]c(=S)n2CC(=O)NC2CCN(CC(=O)Nc3ccccc3)CC2)c1. The van der Waals surface area contributed by atoms with Crippen molar-refractivity contribution in [3.8, 4) is 11.4 Å². The third-order valence-electron chi connectivity index (χ3n) is 5.71. The van der Waals surface area contributed by atoms with Gasteiger partial charge in [-0.2, -0.15) is 5.10 Å². The van der Waals surface area contributed by atoms with Crippen LogP contribution in [0.1, 0.15) is 18.4 Å². The number of benzene rings is 2. The molecule has 1 aromatic heterocycles. The predicted octanol–water partition coefficient (Wildman–Crippen LogP) is 3.14. The maximum atomic E-state index is 12.7. The van der Waals surface area contributed by atoms with E-state index in [4.69, 9.17) is 12.2 Å². The number of H-pyrrole nitrogens is 1. The van der Waals surface area contributed by atoms with Crippen LogP contribution in [-0.2, 0) is 16.1 Å². The van der Waals surface area contributed by atoms with Crippen LogP contribution in [-0.4, -0.2) is 57.2 Å². The molecule has 1 fully saturated rings. The second kappa shape index (κ2) is 10.5. The quantitative estimate of drug-likeness (QED) is 0.467. The summed E-state index contributed by atoms with van der Waals surface area (Å²) in [7, 11) is 0. The summed E-state index contributed by atoms with van der Waals surface area (Å²) < 4.78 is 2.14. The predicted molar refractivity (Wildman–Crippen MR) is 130 cm³/mol. The first-order valence-corrected chi connectivity index (χ1v) is 11.5. The summed E-state index contributed by atoms with van der Waals surface area (Å²) in [6.45, 7) is 3.98. The van der Waals surface area contributed by atoms with Crippen LogP contribution in [0, 0.1) is 11.7 Å². The fourth-order valence-electron chi connectivity index (χ4n) is 4.05. The van der Waals surface area contributed by atoms with Crippen LogP contribution < -0.4 is 10.6 Å². The fraction of sp³-hybridized carbons (Fsp3) is 0.333. The number of amides is 2. The van der Waals surface area contributed by atoms with E-state index in [1.165, 1.54) is 0 Å². The Morgan fingerprint density at radius 2 is 1.82 bits per heavy atom. The van der Waals surface area contributed by atoms with Gasteiger partial charge in [-0.15, -0.1) is 0 Å². The highest BCUT2D eigenvalue weighted by molar-refractivity contribution is 7.71. The van der Waals surface area contributed by atoms with Crippen molar-refractivity contribution in [2.75, 3.05) is 25.0 Å². The molecule has 0 aliphatic carbocycles. The van der Waals surface area contributed by atoms with E-state index in [1.807, 2.05) is 61.5 Å². The second-order valence-corrected chi connectivity index (χ2v) is 8.73. The Bertz CT molecular complexity index is 1160. The summed E-state index contributed by atoms with van der Waals surface area (Å²) in [5.74, 6) is 0.529. The third kappa shape index (κ3) is 6.15. The largest absolute Gasteiger partial charge is 0.352 e. The number of nitrogens with one attached hydrogen (secondary N) is 3. The molecule has 2 aromatic carbocycles. The van der Waals surface area contributed by atoms with Crippen LogP contribution in [0.3, 0.4) is 0 Å². The summed E-state index contributed by atoms with van der Waals surface area (Å²) in [4.78, 5) is 27.1. The molecular formula is C24H28N6O2S. The first-order chi connectivity index (χ1) is 16.0. The molecule has 0 unspecified atom stereocenters. The highest BCUT2D eigenvalue weighted by atomic mass is 32.1. The van der Waals surface area contributed by atoms with E-state index in [0.29, 0.717) is 17.1 Å². The Kier molecular flexibility index (Phi) is 7.31. The molecular weight excluding hydrogens is 436 g/mol. The van der Waals surface area contributed by atoms with Gasteiger partial charge in [-0.3, -0.25) is 24.2 Å². The Morgan fingerprint density at radius 1 is 1.06 bits per heavy atom. The van der Waals surface area contributed by atoms with Gasteiger partial charge in [0.15, 0.2) is 10.6 Å². The van der Waals surface area contributed by atoms with Crippen LogP contribution in [0.4, 0.5) is 5.69 Å². The van der Waals surface area contributed by atoms with Crippen molar-refractivity contribution in [1.82, 2.24) is 25.0 Å². The van der Waals surface area contributed by atoms with Crippen molar-refractivity contribution in [2.24, 2.45) is 0 Å². The minimum Gasteiger partial charge on any atom is -0.352 e. The molecule has 2 heterocycles. The minimum absolute atomic E-state index is 0.0262. The third-order valence-corrected chi connectivity index (χ3v) is 6.03. The van der Waals surface area contributed by atoms with Gasteiger partial charge in [-0.05, 0) is 50.2 Å². The Balaban J connectivity index is 1.27. The first kappa shape index (κ1) is 22.9. The van der Waals surface area contributed by atoms with E-state index in [1.54, 1.807) is 4.57 Å². The molecule has 33 heavy (non-hydrogen) atoms. The summed E-state index contributed by atoms with van der Waals surface area (Å²) in [6, 6.07) is 17.5. The van der Waals surface area contributed by atoms with Crippen LogP contribution in [0.25, 0.3) is 11.4 Å². The lowest BCUT2D eigenvalue weighted by molar-refractivity contribution is -0.123. The van der Waals surface area contributed by atoms with Gasteiger partial charge in [0, 0.05) is 30.4 Å². The highest BCUT2D eigenvalue weighted by Gasteiger charge is 2.23. The molecule has 0 spiro atoms. The smallest absolute Gasteiger partial charge is 0.240 e. The molecule has 3 N–H and O–H groups in total. The number of carbonyl (C=O) groups excluding carboxylic acids is 2. The standard InChI is InChI=1S/C24H28N6O2S/c1-17-6-5-7-18(14-17)23-27-28-24(33)30(23)16-22(32)26-20-10-12-29(13-11-20)15-21(31)25-19-8-3-2-4-9-19/h2-9,14,20H,10-13,15-16H2,1H3,(H,25,31)(H,26,32)(H,28,33). The number of rotatable bonds is 7. The summed E-state index contributed by atoms with van der Waals surface area (Å²) in [6.07, 6.45) is 1.59. The van der Waals surface area contributed by atoms with Gasteiger partial charge in [-0.25, -0.2) is 0 Å². The molecule has 172 valence electrons. The second-order valence-electron chi connectivity index (χ2n) is 8.34. The van der Waals surface area contributed by atoms with Crippen LogP contribution in [0.15, 0.2) is 54.6 Å². The highest BCUT2D eigenvalue weighted by Crippen LogP contribution is 2.19. The van der Waals surface area contributed by atoms with Crippen molar-refractivity contribution < 1.29 is 9.59 Å². The molecule has 4 rings (SSSR count). The molecule has 1 aliphatic rings. The van der Waals surface area contributed by atoms with E-state index in [-0.39, 0.29) is 24.4 Å². The van der Waals surface area contributed by atoms with E-state index in [0.717, 1.165) is 42.7 Å². The molecule has 1 saturated heterocycles. The molecule has 9 heteroatoms. The van der Waals surface area contributed by atoms with Gasteiger partial charge in [0.1, 0.15) is 6.54 Å². The lowest BCUT2D eigenvalue weighted by Crippen LogP contribution is -2.47. The molecule has 0 atom stereocenters. The first-order valence-electron chi connectivity index (χ1n) is 11.1. The Labute approximate surface area is 198 Å². The summed E-state index contributed by atoms with van der Waals surface area (Å²) in [5.41, 5.74) is 2.83. The lowest BCUT2D eigenvalue weighted by atomic mass is 10.0. The number of para-hydroxylation sites is 1. The normalized spacial score (nSPS) is 14.7. The van der Waals surface area contributed by atoms with Gasteiger partial charge in [0.25, 0.3) is 0 Å². The van der Waals surface area contributed by atoms with Gasteiger partial charge in [0.2, 0.25) is 11.8 Å². The van der Waals surface area contributed by atoms with Crippen molar-refractivity contribution in [2.45, 2.75) is 32.4 Å². The van der Waals surface area contributed by atoms with E-state index in [9.17, 15) is 9.59 Å². The zero-order valence-electron chi connectivity index (χ0n) is 18.6. The maximum absolute atomic E-state index is 12.7. The number of piperidine rings is 1. The number of aromatic amines is 1. The molecule has 0 radical (unpaired) electrons. The zero-order valence-corrected chi connectivity index (χ0v) is 19.4. The van der Waals surface area contributed by atoms with Crippen molar-refractivity contribution in [1.29, 1.82) is 0 Å². The van der Waals surface area contributed by atoms with E-state index >= 15 is 0 Å². The molecule has 2 amide bonds. The zero-order chi connectivity index (χ0) is 23.2. The number of anilines is 1. The maximum Gasteiger partial charge on any atom is 0.240 e. The number of hydrogen-bond donors (Lipinski definition) is 3. The Hall–Kier alpha value is -3.30. The average Bonchev–Trinajstić information content (AvgIpc) is 3.15. The van der Waals surface area contributed by atoms with Crippen LogP contribution in [0.2, 0.25) is 0 Å². The Morgan fingerprint density at radius 3 is 2.55 bits per heavy atom. The van der Waals surface area contributed by atoms with Crippen LogP contribution >= 0.6 is 12.2 Å². The van der Waals surface area contributed by atoms with Crippen molar-refractivity contribution >= 4 is 29.7 Å². The monoisotopic (exact) mass is 464 g/mol. The number of aromatic nitrogens is 3. The number of likely N-dealkylation sites (tertiary alicyclic amines) is 1. The fourth-order valence-corrected chi connectivity index (χ4v) is 4.24. The number of aryl methyl sites for hydroxylation is 1. The molecule has 1 aliphatic heterocycles.